The molecule has 2 aromatic carbocycles. The molecule has 0 atom stereocenters. The summed E-state index contributed by atoms with van der Waals surface area (Å²) in [6.45, 7) is 0. The minimum absolute atomic E-state index is 0.234. The van der Waals surface area contributed by atoms with E-state index in [4.69, 9.17) is 28.9 Å². The Hall–Kier alpha value is -2.06. The highest BCUT2D eigenvalue weighted by atomic mass is 35.5. The molecule has 10 heteroatoms. The quantitative estimate of drug-likeness (QED) is 0.264. The number of nitrogens with two attached hydrogens (primary N) is 1. The summed E-state index contributed by atoms with van der Waals surface area (Å²) >= 11 is 10.4. The van der Waals surface area contributed by atoms with Crippen molar-refractivity contribution in [2.75, 3.05) is 5.73 Å². The number of anilines is 1. The Morgan fingerprint density at radius 3 is 1.77 bits per heavy atom. The van der Waals surface area contributed by atoms with Crippen molar-refractivity contribution < 1.29 is 22.5 Å². The van der Waals surface area contributed by atoms with Gasteiger partial charge in [-0.15, -0.1) is 0 Å². The van der Waals surface area contributed by atoms with E-state index in [0.29, 0.717) is 0 Å². The van der Waals surface area contributed by atoms with E-state index in [-0.39, 0.29) is 10.7 Å². The number of benzene rings is 2. The molecule has 22 heavy (non-hydrogen) atoms. The van der Waals surface area contributed by atoms with Crippen LogP contribution in [0.2, 0.25) is 10.0 Å². The standard InChI is InChI=1S/C6H2ClF2NO2.C6H4ClF2N/c7-3-1-2-4(10(11)12)6(9)5(3)8;7-3-1-2-4(10)6(9)5(3)8/h1-2H;1-2H,10H2. The van der Waals surface area contributed by atoms with Gasteiger partial charge in [-0.25, -0.2) is 13.2 Å². The molecule has 4 nitrogen and oxygen atoms in total. The zero-order chi connectivity index (χ0) is 17.0. The molecule has 0 spiro atoms. The van der Waals surface area contributed by atoms with Crippen LogP contribution in [0.15, 0.2) is 24.3 Å². The molecular formula is C12H6Cl2F4N2O2. The Bertz CT molecular complexity index is 702. The molecule has 0 saturated carbocycles. The van der Waals surface area contributed by atoms with Crippen LogP contribution in [0.3, 0.4) is 0 Å². The zero-order valence-corrected chi connectivity index (χ0v) is 11.9. The van der Waals surface area contributed by atoms with Crippen molar-refractivity contribution in [1.82, 2.24) is 0 Å². The van der Waals surface area contributed by atoms with Crippen LogP contribution < -0.4 is 5.73 Å². The fourth-order valence-electron chi connectivity index (χ4n) is 1.20. The molecule has 0 aliphatic carbocycles. The van der Waals surface area contributed by atoms with Gasteiger partial charge in [0.25, 0.3) is 0 Å². The van der Waals surface area contributed by atoms with Crippen molar-refractivity contribution in [3.63, 3.8) is 0 Å². The van der Waals surface area contributed by atoms with Crippen LogP contribution in [0.25, 0.3) is 0 Å². The van der Waals surface area contributed by atoms with Crippen molar-refractivity contribution in [3.8, 4) is 0 Å². The third-order valence-corrected chi connectivity index (χ3v) is 2.86. The van der Waals surface area contributed by atoms with Crippen LogP contribution >= 0.6 is 23.2 Å². The summed E-state index contributed by atoms with van der Waals surface area (Å²) in [5.41, 5.74) is 3.86. The number of nitrogen functional groups attached to an aromatic ring is 1. The molecule has 2 rings (SSSR count). The van der Waals surface area contributed by atoms with E-state index in [1.54, 1.807) is 0 Å². The lowest BCUT2D eigenvalue weighted by atomic mass is 10.3. The zero-order valence-electron chi connectivity index (χ0n) is 10.4. The van der Waals surface area contributed by atoms with E-state index in [9.17, 15) is 27.7 Å². The summed E-state index contributed by atoms with van der Waals surface area (Å²) in [6, 6.07) is 4.15. The fourth-order valence-corrected chi connectivity index (χ4v) is 1.49. The summed E-state index contributed by atoms with van der Waals surface area (Å²) in [5.74, 6) is -5.12. The van der Waals surface area contributed by atoms with Gasteiger partial charge in [0.15, 0.2) is 17.5 Å². The molecule has 0 heterocycles. The minimum Gasteiger partial charge on any atom is -0.396 e. The Balaban J connectivity index is 0.000000224. The molecule has 0 aliphatic rings. The van der Waals surface area contributed by atoms with E-state index in [1.807, 2.05) is 0 Å². The van der Waals surface area contributed by atoms with Gasteiger partial charge in [0, 0.05) is 6.07 Å². The van der Waals surface area contributed by atoms with Gasteiger partial charge in [-0.05, 0) is 18.2 Å². The number of rotatable bonds is 1. The average Bonchev–Trinajstić information content (AvgIpc) is 2.47. The number of nitro benzene ring substituents is 1. The molecule has 2 N–H and O–H groups in total. The fraction of sp³-hybridized carbons (Fsp3) is 0. The van der Waals surface area contributed by atoms with Gasteiger partial charge in [0.05, 0.1) is 20.7 Å². The first-order chi connectivity index (χ1) is 10.2. The van der Waals surface area contributed by atoms with Gasteiger partial charge in [-0.2, -0.15) is 4.39 Å². The molecule has 0 bridgehead atoms. The van der Waals surface area contributed by atoms with Crippen LogP contribution in [0.1, 0.15) is 0 Å². The van der Waals surface area contributed by atoms with Gasteiger partial charge >= 0.3 is 5.69 Å². The van der Waals surface area contributed by atoms with Gasteiger partial charge < -0.3 is 5.73 Å². The molecule has 0 fully saturated rings. The molecule has 0 unspecified atom stereocenters. The molecule has 0 radical (unpaired) electrons. The van der Waals surface area contributed by atoms with Crippen molar-refractivity contribution in [3.05, 3.63) is 67.7 Å². The number of halogens is 6. The summed E-state index contributed by atoms with van der Waals surface area (Å²) < 4.78 is 50.0. The second kappa shape index (κ2) is 7.28. The maximum atomic E-state index is 12.6. The molecule has 118 valence electrons. The number of hydrogen-bond acceptors (Lipinski definition) is 3. The molecule has 0 saturated heterocycles. The summed E-state index contributed by atoms with van der Waals surface area (Å²) in [4.78, 5) is 9.02. The summed E-state index contributed by atoms with van der Waals surface area (Å²) in [5, 5.41) is 9.31. The topological polar surface area (TPSA) is 69.2 Å². The van der Waals surface area contributed by atoms with Gasteiger partial charge in [-0.1, -0.05) is 23.2 Å². The predicted octanol–water partition coefficient (Wildman–Crippen LogP) is 4.73. The Morgan fingerprint density at radius 1 is 0.864 bits per heavy atom. The van der Waals surface area contributed by atoms with Crippen LogP contribution in [-0.4, -0.2) is 4.92 Å². The maximum Gasteiger partial charge on any atom is 0.307 e. The van der Waals surface area contributed by atoms with Crippen LogP contribution in [0.4, 0.5) is 28.9 Å². The molecule has 0 amide bonds. The number of nitrogens with zero attached hydrogens (tertiary/aromatic N) is 1. The molecule has 2 aromatic rings. The molecular weight excluding hydrogens is 351 g/mol. The normalized spacial score (nSPS) is 9.91. The van der Waals surface area contributed by atoms with E-state index in [2.05, 4.69) is 0 Å². The second-order valence-corrected chi connectivity index (χ2v) is 4.53. The summed E-state index contributed by atoms with van der Waals surface area (Å²) in [7, 11) is 0. The second-order valence-electron chi connectivity index (χ2n) is 3.72. The van der Waals surface area contributed by atoms with Crippen LogP contribution in [0.5, 0.6) is 0 Å². The van der Waals surface area contributed by atoms with Gasteiger partial charge in [0.2, 0.25) is 5.82 Å². The van der Waals surface area contributed by atoms with E-state index >= 15 is 0 Å². The minimum atomic E-state index is -1.53. The first kappa shape index (κ1) is 18.0. The van der Waals surface area contributed by atoms with E-state index in [1.165, 1.54) is 12.1 Å². The lowest BCUT2D eigenvalue weighted by Crippen LogP contribution is -1.95. The van der Waals surface area contributed by atoms with Crippen LogP contribution in [-0.2, 0) is 0 Å². The highest BCUT2D eigenvalue weighted by molar-refractivity contribution is 6.31. The first-order valence-electron chi connectivity index (χ1n) is 5.33. The molecule has 0 aromatic heterocycles. The van der Waals surface area contributed by atoms with Crippen LogP contribution in [0, 0.1) is 33.4 Å². The Morgan fingerprint density at radius 2 is 1.32 bits per heavy atom. The SMILES string of the molecule is Nc1ccc(Cl)c(F)c1F.O=[N+]([O-])c1ccc(Cl)c(F)c1F. The summed E-state index contributed by atoms with van der Waals surface area (Å²) in [6.07, 6.45) is 0. The average molecular weight is 357 g/mol. The van der Waals surface area contributed by atoms with Gasteiger partial charge in [-0.3, -0.25) is 10.1 Å². The van der Waals surface area contributed by atoms with Crippen molar-refractivity contribution in [2.45, 2.75) is 0 Å². The number of nitro groups is 1. The highest BCUT2D eigenvalue weighted by Gasteiger charge is 2.20. The predicted molar refractivity (Wildman–Crippen MR) is 73.8 cm³/mol. The lowest BCUT2D eigenvalue weighted by molar-refractivity contribution is -0.387. The van der Waals surface area contributed by atoms with Crippen molar-refractivity contribution >= 4 is 34.6 Å². The highest BCUT2D eigenvalue weighted by Crippen LogP contribution is 2.25. The third-order valence-electron chi connectivity index (χ3n) is 2.28. The van der Waals surface area contributed by atoms with Crippen molar-refractivity contribution in [1.29, 1.82) is 0 Å². The monoisotopic (exact) mass is 356 g/mol. The Labute approximate surface area is 131 Å². The Kier molecular flexibility index (Phi) is 5.95. The smallest absolute Gasteiger partial charge is 0.307 e. The lowest BCUT2D eigenvalue weighted by Gasteiger charge is -1.97. The van der Waals surface area contributed by atoms with E-state index in [0.717, 1.165) is 12.1 Å². The first-order valence-corrected chi connectivity index (χ1v) is 6.09. The third kappa shape index (κ3) is 3.99. The van der Waals surface area contributed by atoms with E-state index < -0.39 is 38.9 Å². The largest absolute Gasteiger partial charge is 0.396 e. The maximum absolute atomic E-state index is 12.6. The van der Waals surface area contributed by atoms with Gasteiger partial charge in [0.1, 0.15) is 0 Å². The number of hydrogen-bond donors (Lipinski definition) is 1. The molecule has 0 aliphatic heterocycles. The van der Waals surface area contributed by atoms with Crippen molar-refractivity contribution in [2.24, 2.45) is 0 Å².